The lowest BCUT2D eigenvalue weighted by molar-refractivity contribution is 0.597. The predicted molar refractivity (Wildman–Crippen MR) is 94.8 cm³/mol. The summed E-state index contributed by atoms with van der Waals surface area (Å²) in [7, 11) is 2.13. The molecule has 112 valence electrons. The van der Waals surface area contributed by atoms with Gasteiger partial charge in [-0.15, -0.1) is 0 Å². The highest BCUT2D eigenvalue weighted by Crippen LogP contribution is 2.38. The van der Waals surface area contributed by atoms with Crippen LogP contribution in [0.25, 0.3) is 5.57 Å². The van der Waals surface area contributed by atoms with E-state index in [2.05, 4.69) is 68.4 Å². The second kappa shape index (κ2) is 5.48. The van der Waals surface area contributed by atoms with Crippen LogP contribution in [-0.2, 0) is 0 Å². The molecule has 0 bridgehead atoms. The number of nitrogens with one attached hydrogen (secondary N) is 1. The lowest BCUT2D eigenvalue weighted by atomic mass is 9.87. The van der Waals surface area contributed by atoms with Gasteiger partial charge in [-0.3, -0.25) is 5.43 Å². The molecular formula is C16H22N4S. The smallest absolute Gasteiger partial charge is 0.184 e. The van der Waals surface area contributed by atoms with Gasteiger partial charge in [0.05, 0.1) is 11.8 Å². The van der Waals surface area contributed by atoms with Gasteiger partial charge in [0.1, 0.15) is 0 Å². The molecule has 0 aromatic heterocycles. The topological polar surface area (TPSA) is 53.6 Å². The van der Waals surface area contributed by atoms with Crippen LogP contribution in [0, 0.1) is 6.92 Å². The minimum atomic E-state index is 0.0203. The summed E-state index contributed by atoms with van der Waals surface area (Å²) in [6.45, 7) is 8.67. The van der Waals surface area contributed by atoms with Crippen molar-refractivity contribution < 1.29 is 0 Å². The molecule has 2 rings (SSSR count). The highest BCUT2D eigenvalue weighted by Gasteiger charge is 2.28. The van der Waals surface area contributed by atoms with Crippen molar-refractivity contribution in [1.29, 1.82) is 0 Å². The van der Waals surface area contributed by atoms with E-state index < -0.39 is 0 Å². The molecule has 0 amide bonds. The van der Waals surface area contributed by atoms with E-state index in [1.807, 2.05) is 0 Å². The van der Waals surface area contributed by atoms with Gasteiger partial charge in [0, 0.05) is 18.3 Å². The van der Waals surface area contributed by atoms with Crippen LogP contribution in [0.2, 0.25) is 0 Å². The van der Waals surface area contributed by atoms with Gasteiger partial charge in [0.15, 0.2) is 5.11 Å². The Balaban J connectivity index is 2.46. The van der Waals surface area contributed by atoms with E-state index >= 15 is 0 Å². The van der Waals surface area contributed by atoms with E-state index in [1.54, 1.807) is 6.21 Å². The summed E-state index contributed by atoms with van der Waals surface area (Å²) in [6, 6.07) is 4.36. The van der Waals surface area contributed by atoms with Crippen molar-refractivity contribution in [3.8, 4) is 0 Å². The van der Waals surface area contributed by atoms with Crippen molar-refractivity contribution in [2.75, 3.05) is 11.9 Å². The summed E-state index contributed by atoms with van der Waals surface area (Å²) in [6.07, 6.45) is 4.04. The summed E-state index contributed by atoms with van der Waals surface area (Å²) >= 11 is 4.74. The highest BCUT2D eigenvalue weighted by molar-refractivity contribution is 7.80. The average molecular weight is 302 g/mol. The number of likely N-dealkylation sites (N-methyl/N-ethyl adjacent to an activating group) is 1. The van der Waals surface area contributed by atoms with Crippen LogP contribution in [-0.4, -0.2) is 23.9 Å². The van der Waals surface area contributed by atoms with Gasteiger partial charge < -0.3 is 10.6 Å². The first-order valence-corrected chi connectivity index (χ1v) is 7.30. The molecule has 0 unspecified atom stereocenters. The average Bonchev–Trinajstić information content (AvgIpc) is 2.36. The molecule has 1 aromatic carbocycles. The summed E-state index contributed by atoms with van der Waals surface area (Å²) in [5.74, 6) is 0. The van der Waals surface area contributed by atoms with Crippen LogP contribution < -0.4 is 16.1 Å². The zero-order valence-electron chi connectivity index (χ0n) is 13.2. The first-order chi connectivity index (χ1) is 9.72. The Bertz CT molecular complexity index is 644. The molecule has 0 atom stereocenters. The maximum atomic E-state index is 5.37. The number of allylic oxidation sites excluding steroid dienone is 1. The summed E-state index contributed by atoms with van der Waals surface area (Å²) in [5, 5.41) is 4.22. The molecule has 0 spiro atoms. The van der Waals surface area contributed by atoms with E-state index in [9.17, 15) is 0 Å². The van der Waals surface area contributed by atoms with Gasteiger partial charge in [0.25, 0.3) is 0 Å². The molecule has 21 heavy (non-hydrogen) atoms. The van der Waals surface area contributed by atoms with E-state index in [0.717, 1.165) is 5.56 Å². The van der Waals surface area contributed by atoms with Gasteiger partial charge in [-0.2, -0.15) is 5.10 Å². The summed E-state index contributed by atoms with van der Waals surface area (Å²) < 4.78 is 0. The van der Waals surface area contributed by atoms with Crippen molar-refractivity contribution in [2.45, 2.75) is 33.2 Å². The Kier molecular flexibility index (Phi) is 4.05. The lowest BCUT2D eigenvalue weighted by Crippen LogP contribution is -2.42. The van der Waals surface area contributed by atoms with E-state index in [1.165, 1.54) is 22.4 Å². The largest absolute Gasteiger partial charge is 0.375 e. The zero-order valence-corrected chi connectivity index (χ0v) is 14.0. The molecule has 0 saturated heterocycles. The molecule has 0 radical (unpaired) electrons. The fourth-order valence-corrected chi connectivity index (χ4v) is 2.67. The molecule has 1 aromatic rings. The first-order valence-electron chi connectivity index (χ1n) is 6.89. The Hall–Kier alpha value is -1.88. The van der Waals surface area contributed by atoms with Crippen molar-refractivity contribution in [3.63, 3.8) is 0 Å². The van der Waals surface area contributed by atoms with Crippen LogP contribution in [0.1, 0.15) is 37.5 Å². The second-order valence-corrected chi connectivity index (χ2v) is 6.44. The van der Waals surface area contributed by atoms with Gasteiger partial charge in [-0.25, -0.2) is 0 Å². The quantitative estimate of drug-likeness (QED) is 0.501. The highest BCUT2D eigenvalue weighted by atomic mass is 32.1. The van der Waals surface area contributed by atoms with E-state index in [0.29, 0.717) is 0 Å². The monoisotopic (exact) mass is 302 g/mol. The number of nitrogens with zero attached hydrogens (tertiary/aromatic N) is 2. The minimum absolute atomic E-state index is 0.0203. The number of hydrazone groups is 1. The van der Waals surface area contributed by atoms with Crippen LogP contribution in [0.3, 0.4) is 0 Å². The van der Waals surface area contributed by atoms with Crippen molar-refractivity contribution >= 4 is 34.8 Å². The maximum absolute atomic E-state index is 5.37. The third kappa shape index (κ3) is 3.08. The van der Waals surface area contributed by atoms with Gasteiger partial charge in [-0.1, -0.05) is 6.08 Å². The van der Waals surface area contributed by atoms with Gasteiger partial charge >= 0.3 is 0 Å². The number of thiocarbonyl (C=S) groups is 1. The predicted octanol–water partition coefficient (Wildman–Crippen LogP) is 2.79. The number of aryl methyl sites for hydroxylation is 1. The number of hydrogen-bond acceptors (Lipinski definition) is 3. The Morgan fingerprint density at radius 1 is 1.38 bits per heavy atom. The molecule has 1 aliphatic heterocycles. The number of nitrogens with two attached hydrogens (primary N) is 1. The van der Waals surface area contributed by atoms with E-state index in [4.69, 9.17) is 18.0 Å². The number of benzene rings is 1. The molecule has 0 aliphatic carbocycles. The fourth-order valence-electron chi connectivity index (χ4n) is 2.62. The Labute approximate surface area is 131 Å². The molecule has 1 heterocycles. The summed E-state index contributed by atoms with van der Waals surface area (Å²) in [5.41, 5.74) is 14.0. The zero-order chi connectivity index (χ0) is 15.8. The molecule has 4 nitrogen and oxygen atoms in total. The summed E-state index contributed by atoms with van der Waals surface area (Å²) in [4.78, 5) is 2.30. The molecule has 0 fully saturated rings. The van der Waals surface area contributed by atoms with Crippen molar-refractivity contribution in [3.05, 3.63) is 34.9 Å². The van der Waals surface area contributed by atoms with Gasteiger partial charge in [0.2, 0.25) is 0 Å². The maximum Gasteiger partial charge on any atom is 0.184 e. The number of rotatable bonds is 2. The third-order valence-electron chi connectivity index (χ3n) is 3.98. The number of fused-ring (bicyclic) bond motifs is 1. The fraction of sp³-hybridized carbons (Fsp3) is 0.375. The van der Waals surface area contributed by atoms with Crippen LogP contribution in [0.15, 0.2) is 23.3 Å². The van der Waals surface area contributed by atoms with Crippen LogP contribution in [0.4, 0.5) is 5.69 Å². The third-order valence-corrected chi connectivity index (χ3v) is 4.07. The first kappa shape index (κ1) is 15.5. The Morgan fingerprint density at radius 2 is 2.05 bits per heavy atom. The number of anilines is 1. The molecular weight excluding hydrogens is 280 g/mol. The molecule has 5 heteroatoms. The van der Waals surface area contributed by atoms with Gasteiger partial charge in [-0.05, 0) is 68.7 Å². The lowest BCUT2D eigenvalue weighted by Gasteiger charge is -2.41. The van der Waals surface area contributed by atoms with Crippen LogP contribution in [0.5, 0.6) is 0 Å². The minimum Gasteiger partial charge on any atom is -0.375 e. The molecule has 3 N–H and O–H groups in total. The van der Waals surface area contributed by atoms with Crippen LogP contribution >= 0.6 is 12.2 Å². The number of hydrogen-bond donors (Lipinski definition) is 2. The van der Waals surface area contributed by atoms with E-state index in [-0.39, 0.29) is 10.7 Å². The molecule has 0 saturated carbocycles. The normalized spacial score (nSPS) is 16.6. The van der Waals surface area contributed by atoms with Crippen molar-refractivity contribution in [2.24, 2.45) is 10.8 Å². The second-order valence-electron chi connectivity index (χ2n) is 6.00. The van der Waals surface area contributed by atoms with Crippen molar-refractivity contribution in [1.82, 2.24) is 5.43 Å². The molecule has 1 aliphatic rings. The SMILES string of the molecule is CC1=CC(C)(C)N(C)c2cc(C)c(/C=N\NC(N)=S)cc21. The standard InChI is InChI=1S/C16H22N4S/c1-10-6-14-13(7-12(10)9-18-19-15(17)21)11(2)8-16(3,4)20(14)5/h6-9H,1-5H3,(H3,17,19,21)/b18-9-. The Morgan fingerprint density at radius 3 is 2.67 bits per heavy atom.